The fraction of sp³-hybridized carbons (Fsp3) is 0.667. The molecule has 18 heteroatoms. The third-order valence-electron chi connectivity index (χ3n) is 14.7. The Hall–Kier alpha value is -5.13. The van der Waals surface area contributed by atoms with Crippen molar-refractivity contribution in [3.05, 3.63) is 42.5 Å². The Morgan fingerprint density at radius 3 is 2.41 bits per heavy atom. The summed E-state index contributed by atoms with van der Waals surface area (Å²) in [6.07, 6.45) is 4.26. The maximum Gasteiger partial charge on any atom is 0.408 e. The largest absolute Gasteiger partial charge is 0.492 e. The van der Waals surface area contributed by atoms with E-state index in [9.17, 15) is 37.5 Å². The molecule has 3 aliphatic carbocycles. The minimum atomic E-state index is -4.04. The molecule has 0 radical (unpaired) electrons. The molecule has 1 aromatic heterocycles. The molecule has 4 heterocycles. The summed E-state index contributed by atoms with van der Waals surface area (Å²) < 4.78 is 47.0. The lowest BCUT2D eigenvalue weighted by Crippen LogP contribution is -2.64. The molecule has 9 atom stereocenters. The van der Waals surface area contributed by atoms with Crippen LogP contribution in [0.25, 0.3) is 10.9 Å². The standard InChI is InChI=1S/C48H66N6O11S/c1-9-29-23-48(29,42(57)52-66(61,62)47(8)19-20-47)51-39(55)34-22-30-25-53(34)41(56)37(45(2,3)4)50-43(58)65-35-21-27(35)15-11-10-12-17-32-36(31-16-13-14-18-33(31)49-40(32)64-30)63-26-28-24-54(44(59)60)38(28)46(5,6)7/h9,13-14,16,18,27-30,34-35,37-38H,1,10-12,15,17,19-26H2,2-8H3,(H,50,58)(H,51,55)(H,52,57)(H,59,60)/t27-,28?,29-,30-,34+,35-,37-,38?,48-/m1/s1. The fourth-order valence-electron chi connectivity index (χ4n) is 10.3. The van der Waals surface area contributed by atoms with E-state index in [1.54, 1.807) is 27.7 Å². The first-order valence-corrected chi connectivity index (χ1v) is 24.9. The number of nitrogens with zero attached hydrogens (tertiary/aromatic N) is 3. The number of ether oxygens (including phenoxy) is 3. The summed E-state index contributed by atoms with van der Waals surface area (Å²) >= 11 is 0. The lowest BCUT2D eigenvalue weighted by Gasteiger charge is -2.52. The van der Waals surface area contributed by atoms with Gasteiger partial charge in [0.1, 0.15) is 35.6 Å². The van der Waals surface area contributed by atoms with Crippen LogP contribution in [0.5, 0.6) is 11.6 Å². The van der Waals surface area contributed by atoms with Crippen LogP contribution in [0.15, 0.2) is 36.9 Å². The number of para-hydroxylation sites is 1. The van der Waals surface area contributed by atoms with Crippen LogP contribution < -0.4 is 24.8 Å². The Labute approximate surface area is 387 Å². The zero-order valence-electron chi connectivity index (χ0n) is 39.2. The van der Waals surface area contributed by atoms with Gasteiger partial charge in [-0.3, -0.25) is 19.1 Å². The molecule has 17 nitrogen and oxygen atoms in total. The van der Waals surface area contributed by atoms with Crippen LogP contribution >= 0.6 is 0 Å². The van der Waals surface area contributed by atoms with Crippen LogP contribution in [-0.4, -0.2) is 119 Å². The molecule has 8 rings (SSSR count). The summed E-state index contributed by atoms with van der Waals surface area (Å²) in [7, 11) is -4.04. The third-order valence-corrected chi connectivity index (χ3v) is 16.9. The van der Waals surface area contributed by atoms with Crippen LogP contribution in [0.2, 0.25) is 0 Å². The van der Waals surface area contributed by atoms with Gasteiger partial charge in [-0.15, -0.1) is 6.58 Å². The van der Waals surface area contributed by atoms with E-state index in [1.807, 2.05) is 45.0 Å². The van der Waals surface area contributed by atoms with Crippen molar-refractivity contribution in [2.45, 2.75) is 153 Å². The lowest BCUT2D eigenvalue weighted by molar-refractivity contribution is -0.142. The molecule has 1 aromatic carbocycles. The van der Waals surface area contributed by atoms with E-state index in [0.29, 0.717) is 37.1 Å². The molecule has 2 aromatic rings. The zero-order valence-corrected chi connectivity index (χ0v) is 40.0. The normalized spacial score (nSPS) is 31.0. The molecule has 2 unspecified atom stereocenters. The minimum absolute atomic E-state index is 0.0278. The van der Waals surface area contributed by atoms with E-state index in [0.717, 1.165) is 43.1 Å². The van der Waals surface area contributed by atoms with Gasteiger partial charge in [0.25, 0.3) is 5.91 Å². The van der Waals surface area contributed by atoms with Crippen molar-refractivity contribution in [3.8, 4) is 11.6 Å². The molecule has 5 amide bonds. The van der Waals surface area contributed by atoms with Crippen molar-refractivity contribution >= 4 is 50.8 Å². The highest BCUT2D eigenvalue weighted by Crippen LogP contribution is 2.48. The number of carbonyl (C=O) groups is 5. The predicted octanol–water partition coefficient (Wildman–Crippen LogP) is 5.69. The average Bonchev–Trinajstić information content (AvgIpc) is 4.17. The number of pyridine rings is 1. The molecular weight excluding hydrogens is 869 g/mol. The highest BCUT2D eigenvalue weighted by atomic mass is 32.2. The predicted molar refractivity (Wildman–Crippen MR) is 244 cm³/mol. The second-order valence-electron chi connectivity index (χ2n) is 21.9. The number of fused-ring (bicyclic) bond motifs is 5. The number of aromatic nitrogens is 1. The number of amides is 5. The molecule has 0 spiro atoms. The summed E-state index contributed by atoms with van der Waals surface area (Å²) in [4.78, 5) is 76.9. The molecule has 6 aliphatic rings. The van der Waals surface area contributed by atoms with Gasteiger partial charge in [0, 0.05) is 36.2 Å². The van der Waals surface area contributed by atoms with Gasteiger partial charge in [-0.25, -0.2) is 23.0 Å². The number of nitrogens with one attached hydrogen (secondary N) is 3. The van der Waals surface area contributed by atoms with Gasteiger partial charge in [-0.2, -0.15) is 0 Å². The van der Waals surface area contributed by atoms with E-state index in [-0.39, 0.29) is 61.3 Å². The highest BCUT2D eigenvalue weighted by molar-refractivity contribution is 7.91. The number of alkyl carbamates (subject to hydrolysis) is 1. The Morgan fingerprint density at radius 1 is 1.03 bits per heavy atom. The van der Waals surface area contributed by atoms with Crippen LogP contribution in [0.4, 0.5) is 9.59 Å². The van der Waals surface area contributed by atoms with E-state index < -0.39 is 79.7 Å². The number of hydrogen-bond donors (Lipinski definition) is 4. The maximum absolute atomic E-state index is 14.9. The van der Waals surface area contributed by atoms with Crippen molar-refractivity contribution in [1.82, 2.24) is 30.1 Å². The van der Waals surface area contributed by atoms with Crippen LogP contribution in [0.1, 0.15) is 112 Å². The summed E-state index contributed by atoms with van der Waals surface area (Å²) in [5, 5.41) is 16.4. The van der Waals surface area contributed by atoms with Crippen molar-refractivity contribution in [2.75, 3.05) is 19.7 Å². The van der Waals surface area contributed by atoms with Crippen LogP contribution in [-0.2, 0) is 35.6 Å². The molecule has 3 aliphatic heterocycles. The summed E-state index contributed by atoms with van der Waals surface area (Å²) in [5.74, 6) is -1.68. The first-order chi connectivity index (χ1) is 31.0. The van der Waals surface area contributed by atoms with Crippen LogP contribution in [0, 0.1) is 28.6 Å². The van der Waals surface area contributed by atoms with Gasteiger partial charge < -0.3 is 39.8 Å². The Morgan fingerprint density at radius 2 is 1.76 bits per heavy atom. The smallest absolute Gasteiger partial charge is 0.408 e. The zero-order chi connectivity index (χ0) is 47.7. The average molecular weight is 935 g/mol. The topological polar surface area (TPSA) is 223 Å². The van der Waals surface area contributed by atoms with Crippen molar-refractivity contribution in [3.63, 3.8) is 0 Å². The fourth-order valence-corrected chi connectivity index (χ4v) is 11.6. The first kappa shape index (κ1) is 47.4. The van der Waals surface area contributed by atoms with E-state index in [1.165, 1.54) is 15.9 Å². The monoisotopic (exact) mass is 934 g/mol. The van der Waals surface area contributed by atoms with Crippen molar-refractivity contribution < 1.29 is 51.7 Å². The number of benzene rings is 1. The SMILES string of the molecule is C=C[C@@H]1C[C@]1(NC(=O)[C@@H]1C[C@@H]2CN1C(=O)[C@H](C(C)(C)C)NC(=O)O[C@@H]1C[C@H]1CCCCCc1c(nc3ccccc3c1OCC1CN(C(=O)O)C1C(C)(C)C)O2)C(=O)NS(=O)(=O)C1(C)CC1. The van der Waals surface area contributed by atoms with Crippen molar-refractivity contribution in [2.24, 2.45) is 28.6 Å². The van der Waals surface area contributed by atoms with E-state index >= 15 is 0 Å². The molecule has 2 saturated heterocycles. The Kier molecular flexibility index (Phi) is 12.3. The van der Waals surface area contributed by atoms with Gasteiger partial charge in [-0.1, -0.05) is 72.6 Å². The molecular formula is C48H66N6O11S. The molecule has 360 valence electrons. The molecule has 3 saturated carbocycles. The number of carbonyl (C=O) groups excluding carboxylic acids is 4. The summed E-state index contributed by atoms with van der Waals surface area (Å²) in [6, 6.07) is 4.97. The first-order valence-electron chi connectivity index (χ1n) is 23.5. The number of rotatable bonds is 9. The number of likely N-dealkylation sites (tertiary alicyclic amines) is 1. The van der Waals surface area contributed by atoms with Crippen molar-refractivity contribution in [1.29, 1.82) is 0 Å². The Bertz CT molecular complexity index is 2410. The second kappa shape index (κ2) is 17.2. The van der Waals surface area contributed by atoms with Gasteiger partial charge in [0.2, 0.25) is 27.7 Å². The quantitative estimate of drug-likeness (QED) is 0.223. The molecule has 2 bridgehead atoms. The molecule has 66 heavy (non-hydrogen) atoms. The van der Waals surface area contributed by atoms with E-state index in [4.69, 9.17) is 19.2 Å². The Balaban J connectivity index is 1.14. The third kappa shape index (κ3) is 9.27. The highest BCUT2D eigenvalue weighted by Gasteiger charge is 2.63. The van der Waals surface area contributed by atoms with Crippen LogP contribution in [0.3, 0.4) is 0 Å². The second-order valence-corrected chi connectivity index (χ2v) is 24.1. The van der Waals surface area contributed by atoms with Gasteiger partial charge in [-0.05, 0) is 80.8 Å². The summed E-state index contributed by atoms with van der Waals surface area (Å²) in [6.45, 7) is 17.4. The molecule has 4 N–H and O–H groups in total. The van der Waals surface area contributed by atoms with Gasteiger partial charge >= 0.3 is 12.2 Å². The lowest BCUT2D eigenvalue weighted by atomic mass is 9.72. The number of sulfonamides is 1. The maximum atomic E-state index is 14.9. The van der Waals surface area contributed by atoms with Gasteiger partial charge in [0.05, 0.1) is 29.0 Å². The number of carboxylic acid groups (broad SMARTS) is 1. The number of hydrogen-bond acceptors (Lipinski definition) is 11. The molecule has 5 fully saturated rings. The summed E-state index contributed by atoms with van der Waals surface area (Å²) in [5.41, 5.74) is -1.46. The minimum Gasteiger partial charge on any atom is -0.492 e. The van der Waals surface area contributed by atoms with E-state index in [2.05, 4.69) is 21.9 Å². The van der Waals surface area contributed by atoms with Gasteiger partial charge in [0.15, 0.2) is 0 Å².